The van der Waals surface area contributed by atoms with Crippen LogP contribution in [-0.4, -0.2) is 4.57 Å². The van der Waals surface area contributed by atoms with Crippen LogP contribution in [0.2, 0.25) is 0 Å². The van der Waals surface area contributed by atoms with Gasteiger partial charge in [-0.05, 0) is 106 Å². The number of aromatic nitrogens is 1. The molecule has 3 heteroatoms. The average Bonchev–Trinajstić information content (AvgIpc) is 3.88. The summed E-state index contributed by atoms with van der Waals surface area (Å²) < 4.78 is 8.68. The molecule has 0 radical (unpaired) electrons. The highest BCUT2D eigenvalue weighted by Gasteiger charge is 2.20. The highest BCUT2D eigenvalue weighted by Crippen LogP contribution is 2.43. The first-order valence-electron chi connectivity index (χ1n) is 20.8. The Morgan fingerprint density at radius 3 is 1.62 bits per heavy atom. The SMILES string of the molecule is c1ccc(N(c2ccc(-c3ccc4c(c3)oc3ccccc34)cc2)c2ccc(-c3ccccc3-n3c4ccccc4c4ccccc43)cc2)c(-c2ccc3ccccc3c2)c1. The van der Waals surface area contributed by atoms with Crippen LogP contribution in [0.15, 0.2) is 235 Å². The van der Waals surface area contributed by atoms with Crippen LogP contribution in [0, 0.1) is 0 Å². The van der Waals surface area contributed by atoms with Gasteiger partial charge in [0.25, 0.3) is 0 Å². The second kappa shape index (κ2) is 14.3. The van der Waals surface area contributed by atoms with Crippen LogP contribution in [0.3, 0.4) is 0 Å². The molecule has 3 nitrogen and oxygen atoms in total. The first kappa shape index (κ1) is 34.9. The molecule has 286 valence electrons. The maximum atomic E-state index is 6.27. The fraction of sp³-hybridized carbons (Fsp3) is 0. The number of nitrogens with zero attached hydrogens (tertiary/aromatic N) is 2. The molecule has 2 aromatic heterocycles. The summed E-state index contributed by atoms with van der Waals surface area (Å²) in [6, 6.07) is 83.0. The summed E-state index contributed by atoms with van der Waals surface area (Å²) in [4.78, 5) is 2.39. The number of furan rings is 1. The topological polar surface area (TPSA) is 21.3 Å². The van der Waals surface area contributed by atoms with Crippen LogP contribution in [0.4, 0.5) is 17.1 Å². The second-order valence-corrected chi connectivity index (χ2v) is 15.7. The van der Waals surface area contributed by atoms with Crippen LogP contribution in [0.25, 0.3) is 93.6 Å². The summed E-state index contributed by atoms with van der Waals surface area (Å²) in [6.45, 7) is 0. The van der Waals surface area contributed by atoms with Crippen LogP contribution in [0.1, 0.15) is 0 Å². The van der Waals surface area contributed by atoms with Gasteiger partial charge in [-0.25, -0.2) is 0 Å². The van der Waals surface area contributed by atoms with Crippen molar-refractivity contribution in [2.75, 3.05) is 4.90 Å². The minimum absolute atomic E-state index is 0.897. The molecule has 2 heterocycles. The first-order valence-corrected chi connectivity index (χ1v) is 20.8. The molecule has 12 rings (SSSR count). The van der Waals surface area contributed by atoms with Crippen molar-refractivity contribution < 1.29 is 4.42 Å². The second-order valence-electron chi connectivity index (χ2n) is 15.7. The fourth-order valence-electron chi connectivity index (χ4n) is 9.29. The summed E-state index contributed by atoms with van der Waals surface area (Å²) in [5.74, 6) is 0. The largest absolute Gasteiger partial charge is 0.456 e. The van der Waals surface area contributed by atoms with Gasteiger partial charge >= 0.3 is 0 Å². The average molecular weight is 779 g/mol. The summed E-state index contributed by atoms with van der Waals surface area (Å²) >= 11 is 0. The van der Waals surface area contributed by atoms with E-state index in [0.717, 1.165) is 66.9 Å². The number of anilines is 3. The Hall–Kier alpha value is -8.14. The van der Waals surface area contributed by atoms with Gasteiger partial charge in [0.2, 0.25) is 0 Å². The zero-order chi connectivity index (χ0) is 40.3. The summed E-state index contributed by atoms with van der Waals surface area (Å²) in [5.41, 5.74) is 15.5. The molecule has 0 saturated heterocycles. The molecular weight excluding hydrogens is 741 g/mol. The highest BCUT2D eigenvalue weighted by atomic mass is 16.3. The third-order valence-electron chi connectivity index (χ3n) is 12.2. The van der Waals surface area contributed by atoms with E-state index in [1.165, 1.54) is 43.7 Å². The lowest BCUT2D eigenvalue weighted by molar-refractivity contribution is 0.669. The van der Waals surface area contributed by atoms with E-state index in [2.05, 4.69) is 228 Å². The molecule has 0 unspecified atom stereocenters. The predicted octanol–water partition coefficient (Wildman–Crippen LogP) is 16.3. The van der Waals surface area contributed by atoms with Crippen LogP contribution in [0.5, 0.6) is 0 Å². The molecule has 0 atom stereocenters. The maximum absolute atomic E-state index is 6.27. The Labute approximate surface area is 353 Å². The Morgan fingerprint density at radius 1 is 0.328 bits per heavy atom. The van der Waals surface area contributed by atoms with Gasteiger partial charge in [0.15, 0.2) is 0 Å². The van der Waals surface area contributed by atoms with Crippen molar-refractivity contribution in [3.05, 3.63) is 231 Å². The van der Waals surface area contributed by atoms with E-state index in [0.29, 0.717) is 0 Å². The predicted molar refractivity (Wildman–Crippen MR) is 257 cm³/mol. The lowest BCUT2D eigenvalue weighted by Crippen LogP contribution is -2.11. The minimum atomic E-state index is 0.897. The number of rotatable bonds is 7. The van der Waals surface area contributed by atoms with E-state index in [-0.39, 0.29) is 0 Å². The van der Waals surface area contributed by atoms with Crippen molar-refractivity contribution in [1.82, 2.24) is 4.57 Å². The molecule has 0 amide bonds. The normalized spacial score (nSPS) is 11.6. The maximum Gasteiger partial charge on any atom is 0.136 e. The Balaban J connectivity index is 0.980. The molecule has 61 heavy (non-hydrogen) atoms. The molecule has 0 fully saturated rings. The molecule has 0 bridgehead atoms. The fourth-order valence-corrected chi connectivity index (χ4v) is 9.29. The molecule has 10 aromatic carbocycles. The Morgan fingerprint density at radius 2 is 0.869 bits per heavy atom. The third kappa shape index (κ3) is 5.90. The van der Waals surface area contributed by atoms with Crippen molar-refractivity contribution in [1.29, 1.82) is 0 Å². The number of para-hydroxylation sites is 5. The molecule has 0 spiro atoms. The van der Waals surface area contributed by atoms with E-state index >= 15 is 0 Å². The van der Waals surface area contributed by atoms with Crippen LogP contribution < -0.4 is 4.90 Å². The van der Waals surface area contributed by atoms with Crippen molar-refractivity contribution >= 4 is 71.6 Å². The third-order valence-corrected chi connectivity index (χ3v) is 12.2. The van der Waals surface area contributed by atoms with Gasteiger partial charge in [0, 0.05) is 44.0 Å². The van der Waals surface area contributed by atoms with Crippen LogP contribution >= 0.6 is 0 Å². The quantitative estimate of drug-likeness (QED) is 0.161. The van der Waals surface area contributed by atoms with Crippen molar-refractivity contribution in [2.24, 2.45) is 0 Å². The molecule has 0 saturated carbocycles. The minimum Gasteiger partial charge on any atom is -0.456 e. The smallest absolute Gasteiger partial charge is 0.136 e. The van der Waals surface area contributed by atoms with E-state index < -0.39 is 0 Å². The zero-order valence-corrected chi connectivity index (χ0v) is 33.2. The van der Waals surface area contributed by atoms with Gasteiger partial charge in [-0.1, -0.05) is 158 Å². The molecular formula is C58H38N2O. The number of hydrogen-bond acceptors (Lipinski definition) is 2. The van der Waals surface area contributed by atoms with Crippen molar-refractivity contribution in [3.63, 3.8) is 0 Å². The molecule has 12 aromatic rings. The number of hydrogen-bond donors (Lipinski definition) is 0. The molecule has 0 aliphatic heterocycles. The standard InChI is InChI=1S/C58H38N2O/c1-2-14-42-37-44(26-25-39(42)13-1)48-16-4-8-20-53(48)59(45-32-27-40(28-33-45)43-31-36-52-51-19-7-12-24-57(51)61-58(52)38-43)46-34-29-41(30-35-46)47-15-3-9-21-54(47)60-55-22-10-5-17-49(55)50-18-6-11-23-56(50)60/h1-38H. The Kier molecular flexibility index (Phi) is 8.17. The number of fused-ring (bicyclic) bond motifs is 7. The molecule has 0 aliphatic carbocycles. The van der Waals surface area contributed by atoms with Crippen LogP contribution in [-0.2, 0) is 0 Å². The van der Waals surface area contributed by atoms with Gasteiger partial charge in [0.05, 0.1) is 22.4 Å². The van der Waals surface area contributed by atoms with Gasteiger partial charge in [-0.2, -0.15) is 0 Å². The molecule has 0 aliphatic rings. The van der Waals surface area contributed by atoms with E-state index in [9.17, 15) is 0 Å². The zero-order valence-electron chi connectivity index (χ0n) is 33.2. The van der Waals surface area contributed by atoms with Gasteiger partial charge in [-0.3, -0.25) is 0 Å². The summed E-state index contributed by atoms with van der Waals surface area (Å²) in [5, 5.41) is 7.23. The summed E-state index contributed by atoms with van der Waals surface area (Å²) in [6.07, 6.45) is 0. The highest BCUT2D eigenvalue weighted by molar-refractivity contribution is 6.10. The first-order chi connectivity index (χ1) is 30.2. The van der Waals surface area contributed by atoms with Gasteiger partial charge in [0.1, 0.15) is 11.2 Å². The van der Waals surface area contributed by atoms with E-state index in [4.69, 9.17) is 4.42 Å². The van der Waals surface area contributed by atoms with Crippen molar-refractivity contribution in [2.45, 2.75) is 0 Å². The monoisotopic (exact) mass is 778 g/mol. The number of benzene rings is 10. The summed E-state index contributed by atoms with van der Waals surface area (Å²) in [7, 11) is 0. The van der Waals surface area contributed by atoms with E-state index in [1.54, 1.807) is 0 Å². The lowest BCUT2D eigenvalue weighted by atomic mass is 9.98. The van der Waals surface area contributed by atoms with Gasteiger partial charge < -0.3 is 13.9 Å². The van der Waals surface area contributed by atoms with Crippen molar-refractivity contribution in [3.8, 4) is 39.1 Å². The molecule has 0 N–H and O–H groups in total. The van der Waals surface area contributed by atoms with Gasteiger partial charge in [-0.15, -0.1) is 0 Å². The lowest BCUT2D eigenvalue weighted by Gasteiger charge is -2.28. The van der Waals surface area contributed by atoms with E-state index in [1.807, 2.05) is 12.1 Å². The Bertz CT molecular complexity index is 3540.